The Morgan fingerprint density at radius 3 is 2.67 bits per heavy atom. The van der Waals surface area contributed by atoms with E-state index in [1.165, 1.54) is 6.07 Å². The third kappa shape index (κ3) is 2.86. The van der Waals surface area contributed by atoms with Gasteiger partial charge in [-0.2, -0.15) is 0 Å². The van der Waals surface area contributed by atoms with Crippen molar-refractivity contribution in [3.63, 3.8) is 0 Å². The van der Waals surface area contributed by atoms with E-state index in [9.17, 15) is 8.78 Å². The minimum atomic E-state index is -0.435. The van der Waals surface area contributed by atoms with Gasteiger partial charge in [0, 0.05) is 12.0 Å². The zero-order chi connectivity index (χ0) is 11.5. The highest BCUT2D eigenvalue weighted by Crippen LogP contribution is 2.24. The lowest BCUT2D eigenvalue weighted by Crippen LogP contribution is -2.27. The van der Waals surface area contributed by atoms with Gasteiger partial charge in [-0.1, -0.05) is 13.0 Å². The summed E-state index contributed by atoms with van der Waals surface area (Å²) in [5, 5.41) is 0. The summed E-state index contributed by atoms with van der Waals surface area (Å²) in [4.78, 5) is 0. The van der Waals surface area contributed by atoms with E-state index < -0.39 is 17.0 Å². The standard InChI is InChI=1S/C12H15F2N/c1-3-12(2,8-15)7-9-6-10(13)4-5-11(9)14/h3-6H,1,7-8,15H2,2H3. The van der Waals surface area contributed by atoms with Crippen molar-refractivity contribution >= 4 is 0 Å². The lowest BCUT2D eigenvalue weighted by atomic mass is 9.84. The minimum Gasteiger partial charge on any atom is -0.330 e. The average molecular weight is 211 g/mol. The number of rotatable bonds is 4. The highest BCUT2D eigenvalue weighted by molar-refractivity contribution is 5.21. The summed E-state index contributed by atoms with van der Waals surface area (Å²) < 4.78 is 26.2. The third-order valence-corrected chi connectivity index (χ3v) is 2.56. The van der Waals surface area contributed by atoms with E-state index in [4.69, 9.17) is 5.73 Å². The molecule has 2 N–H and O–H groups in total. The molecule has 0 radical (unpaired) electrons. The molecule has 0 bridgehead atoms. The van der Waals surface area contributed by atoms with Crippen LogP contribution in [0, 0.1) is 17.0 Å². The molecule has 1 unspecified atom stereocenters. The molecule has 3 heteroatoms. The summed E-state index contributed by atoms with van der Waals surface area (Å²) in [7, 11) is 0. The van der Waals surface area contributed by atoms with Crippen molar-refractivity contribution in [2.24, 2.45) is 11.1 Å². The predicted octanol–water partition coefficient (Wildman–Crippen LogP) is 2.66. The fourth-order valence-electron chi connectivity index (χ4n) is 1.34. The topological polar surface area (TPSA) is 26.0 Å². The quantitative estimate of drug-likeness (QED) is 0.761. The fraction of sp³-hybridized carbons (Fsp3) is 0.333. The second-order valence-corrected chi connectivity index (χ2v) is 3.97. The van der Waals surface area contributed by atoms with E-state index in [1.807, 2.05) is 6.92 Å². The van der Waals surface area contributed by atoms with Gasteiger partial charge in [-0.25, -0.2) is 8.78 Å². The van der Waals surface area contributed by atoms with Crippen LogP contribution in [-0.2, 0) is 6.42 Å². The molecular weight excluding hydrogens is 196 g/mol. The molecule has 0 aliphatic rings. The van der Waals surface area contributed by atoms with E-state index in [-0.39, 0.29) is 0 Å². The van der Waals surface area contributed by atoms with Crippen LogP contribution in [0.4, 0.5) is 8.78 Å². The molecule has 0 aliphatic heterocycles. The SMILES string of the molecule is C=CC(C)(CN)Cc1cc(F)ccc1F. The Balaban J connectivity index is 2.97. The maximum atomic E-state index is 13.3. The van der Waals surface area contributed by atoms with Crippen molar-refractivity contribution in [1.82, 2.24) is 0 Å². The molecule has 1 rings (SSSR count). The summed E-state index contributed by atoms with van der Waals surface area (Å²) in [6.45, 7) is 5.87. The average Bonchev–Trinajstić information content (AvgIpc) is 2.23. The predicted molar refractivity (Wildman–Crippen MR) is 57.4 cm³/mol. The van der Waals surface area contributed by atoms with Crippen LogP contribution in [-0.4, -0.2) is 6.54 Å². The molecule has 0 aromatic heterocycles. The molecule has 1 nitrogen and oxygen atoms in total. The molecule has 1 atom stereocenters. The molecule has 0 saturated heterocycles. The molecule has 0 amide bonds. The van der Waals surface area contributed by atoms with Crippen LogP contribution in [0.3, 0.4) is 0 Å². The number of hydrogen-bond donors (Lipinski definition) is 1. The van der Waals surface area contributed by atoms with Gasteiger partial charge in [0.25, 0.3) is 0 Å². The molecule has 1 aromatic carbocycles. The van der Waals surface area contributed by atoms with Crippen LogP contribution in [0.15, 0.2) is 30.9 Å². The Hall–Kier alpha value is -1.22. The number of hydrogen-bond acceptors (Lipinski definition) is 1. The minimum absolute atomic E-state index is 0.336. The molecule has 0 fully saturated rings. The highest BCUT2D eigenvalue weighted by atomic mass is 19.1. The highest BCUT2D eigenvalue weighted by Gasteiger charge is 2.20. The van der Waals surface area contributed by atoms with E-state index >= 15 is 0 Å². The van der Waals surface area contributed by atoms with Crippen molar-refractivity contribution in [3.8, 4) is 0 Å². The Labute approximate surface area is 88.6 Å². The van der Waals surface area contributed by atoms with E-state index in [0.717, 1.165) is 12.1 Å². The van der Waals surface area contributed by atoms with E-state index in [1.54, 1.807) is 6.08 Å². The summed E-state index contributed by atoms with van der Waals surface area (Å²) in [5.41, 5.74) is 5.51. The van der Waals surface area contributed by atoms with Gasteiger partial charge in [0.2, 0.25) is 0 Å². The van der Waals surface area contributed by atoms with Crippen molar-refractivity contribution in [1.29, 1.82) is 0 Å². The lowest BCUT2D eigenvalue weighted by Gasteiger charge is -2.23. The third-order valence-electron chi connectivity index (χ3n) is 2.56. The normalized spacial score (nSPS) is 14.7. The summed E-state index contributed by atoms with van der Waals surface area (Å²) >= 11 is 0. The molecule has 0 saturated carbocycles. The Morgan fingerprint density at radius 2 is 2.13 bits per heavy atom. The molecule has 1 aromatic rings. The second kappa shape index (κ2) is 4.53. The Kier molecular flexibility index (Phi) is 3.58. The van der Waals surface area contributed by atoms with Crippen LogP contribution in [0.1, 0.15) is 12.5 Å². The zero-order valence-electron chi connectivity index (χ0n) is 8.76. The van der Waals surface area contributed by atoms with Gasteiger partial charge in [0.15, 0.2) is 0 Å². The van der Waals surface area contributed by atoms with Gasteiger partial charge in [0.1, 0.15) is 11.6 Å². The largest absolute Gasteiger partial charge is 0.330 e. The first-order chi connectivity index (χ1) is 7.00. The van der Waals surface area contributed by atoms with Crippen LogP contribution in [0.2, 0.25) is 0 Å². The first-order valence-electron chi connectivity index (χ1n) is 4.78. The van der Waals surface area contributed by atoms with Crippen LogP contribution < -0.4 is 5.73 Å². The maximum absolute atomic E-state index is 13.3. The van der Waals surface area contributed by atoms with Crippen LogP contribution in [0.25, 0.3) is 0 Å². The Bertz CT molecular complexity index is 363. The smallest absolute Gasteiger partial charge is 0.126 e. The van der Waals surface area contributed by atoms with Crippen LogP contribution in [0.5, 0.6) is 0 Å². The summed E-state index contributed by atoms with van der Waals surface area (Å²) in [5.74, 6) is -0.840. The summed E-state index contributed by atoms with van der Waals surface area (Å²) in [6, 6.07) is 3.43. The molecule has 82 valence electrons. The van der Waals surface area contributed by atoms with Gasteiger partial charge in [-0.15, -0.1) is 6.58 Å². The molecule has 15 heavy (non-hydrogen) atoms. The van der Waals surface area contributed by atoms with Gasteiger partial charge in [-0.05, 0) is 30.2 Å². The monoisotopic (exact) mass is 211 g/mol. The van der Waals surface area contributed by atoms with Crippen molar-refractivity contribution in [2.75, 3.05) is 6.54 Å². The number of benzene rings is 1. The number of halogens is 2. The first-order valence-corrected chi connectivity index (χ1v) is 4.78. The lowest BCUT2D eigenvalue weighted by molar-refractivity contribution is 0.426. The van der Waals surface area contributed by atoms with Crippen molar-refractivity contribution < 1.29 is 8.78 Å². The van der Waals surface area contributed by atoms with Crippen LogP contribution >= 0.6 is 0 Å². The van der Waals surface area contributed by atoms with Gasteiger partial charge >= 0.3 is 0 Å². The molecule has 0 spiro atoms. The molecular formula is C12H15F2N. The van der Waals surface area contributed by atoms with Gasteiger partial charge < -0.3 is 5.73 Å². The Morgan fingerprint density at radius 1 is 1.47 bits per heavy atom. The second-order valence-electron chi connectivity index (χ2n) is 3.97. The van der Waals surface area contributed by atoms with Crippen molar-refractivity contribution in [2.45, 2.75) is 13.3 Å². The van der Waals surface area contributed by atoms with E-state index in [0.29, 0.717) is 18.5 Å². The fourth-order valence-corrected chi connectivity index (χ4v) is 1.34. The molecule has 0 aliphatic carbocycles. The zero-order valence-corrected chi connectivity index (χ0v) is 8.76. The van der Waals surface area contributed by atoms with Gasteiger partial charge in [-0.3, -0.25) is 0 Å². The number of nitrogens with two attached hydrogens (primary N) is 1. The summed E-state index contributed by atoms with van der Waals surface area (Å²) in [6.07, 6.45) is 2.04. The van der Waals surface area contributed by atoms with E-state index in [2.05, 4.69) is 6.58 Å². The maximum Gasteiger partial charge on any atom is 0.126 e. The molecule has 0 heterocycles. The van der Waals surface area contributed by atoms with Crippen molar-refractivity contribution in [3.05, 3.63) is 48.1 Å². The van der Waals surface area contributed by atoms with Gasteiger partial charge in [0.05, 0.1) is 0 Å². The first kappa shape index (κ1) is 11.9.